The van der Waals surface area contributed by atoms with Gasteiger partial charge in [-0.25, -0.2) is 0 Å². The van der Waals surface area contributed by atoms with Crippen molar-refractivity contribution in [3.63, 3.8) is 0 Å². The van der Waals surface area contributed by atoms with Crippen molar-refractivity contribution in [1.29, 1.82) is 0 Å². The number of hydrogen-bond acceptors (Lipinski definition) is 3. The minimum atomic E-state index is -0.812. The standard InChI is InChI=1S/C13H26N2O2S/c1-6-11-13(16)15(12(14-11)9(2)3)8-7-10(4)18(5)17/h9-12,14H,6-8H2,1-5H3. The summed E-state index contributed by atoms with van der Waals surface area (Å²) in [5.41, 5.74) is 0. The molecule has 1 saturated heterocycles. The lowest BCUT2D eigenvalue weighted by atomic mass is 10.1. The van der Waals surface area contributed by atoms with Gasteiger partial charge in [-0.1, -0.05) is 27.7 Å². The highest BCUT2D eigenvalue weighted by molar-refractivity contribution is 7.84. The molecule has 4 nitrogen and oxygen atoms in total. The highest BCUT2D eigenvalue weighted by Crippen LogP contribution is 2.20. The summed E-state index contributed by atoms with van der Waals surface area (Å²) in [4.78, 5) is 14.2. The van der Waals surface area contributed by atoms with Gasteiger partial charge in [-0.05, 0) is 18.8 Å². The van der Waals surface area contributed by atoms with Crippen LogP contribution >= 0.6 is 0 Å². The SMILES string of the molecule is CCC1NC(C(C)C)N(CCC(C)S(C)=O)C1=O. The smallest absolute Gasteiger partial charge is 0.241 e. The van der Waals surface area contributed by atoms with Crippen molar-refractivity contribution in [3.05, 3.63) is 0 Å². The number of rotatable bonds is 6. The van der Waals surface area contributed by atoms with Crippen LogP contribution in [0.15, 0.2) is 0 Å². The van der Waals surface area contributed by atoms with Gasteiger partial charge in [0, 0.05) is 28.9 Å². The van der Waals surface area contributed by atoms with E-state index in [1.165, 1.54) is 0 Å². The first-order valence-electron chi connectivity index (χ1n) is 6.77. The van der Waals surface area contributed by atoms with E-state index in [1.807, 2.05) is 18.7 Å². The molecule has 1 rings (SSSR count). The lowest BCUT2D eigenvalue weighted by molar-refractivity contribution is -0.130. The lowest BCUT2D eigenvalue weighted by Crippen LogP contribution is -2.42. The highest BCUT2D eigenvalue weighted by atomic mass is 32.2. The van der Waals surface area contributed by atoms with Crippen molar-refractivity contribution in [2.45, 2.75) is 58.0 Å². The average molecular weight is 274 g/mol. The van der Waals surface area contributed by atoms with Gasteiger partial charge < -0.3 is 4.90 Å². The molecule has 1 aliphatic heterocycles. The molecule has 1 N–H and O–H groups in total. The van der Waals surface area contributed by atoms with Crippen molar-refractivity contribution >= 4 is 16.7 Å². The maximum absolute atomic E-state index is 12.2. The van der Waals surface area contributed by atoms with Crippen LogP contribution in [0.1, 0.15) is 40.5 Å². The van der Waals surface area contributed by atoms with Crippen molar-refractivity contribution < 1.29 is 9.00 Å². The van der Waals surface area contributed by atoms with Crippen LogP contribution in [-0.4, -0.2) is 45.3 Å². The second kappa shape index (κ2) is 6.66. The molecular formula is C13H26N2O2S. The van der Waals surface area contributed by atoms with E-state index in [4.69, 9.17) is 0 Å². The van der Waals surface area contributed by atoms with Crippen LogP contribution in [-0.2, 0) is 15.6 Å². The van der Waals surface area contributed by atoms with Gasteiger partial charge in [-0.2, -0.15) is 0 Å². The van der Waals surface area contributed by atoms with Crippen LogP contribution in [0, 0.1) is 5.92 Å². The second-order valence-electron chi connectivity index (χ2n) is 5.45. The number of amides is 1. The molecule has 5 heteroatoms. The average Bonchev–Trinajstić information content (AvgIpc) is 2.62. The fourth-order valence-electron chi connectivity index (χ4n) is 2.29. The van der Waals surface area contributed by atoms with Gasteiger partial charge in [0.2, 0.25) is 5.91 Å². The summed E-state index contributed by atoms with van der Waals surface area (Å²) >= 11 is 0. The molecule has 1 fully saturated rings. The summed E-state index contributed by atoms with van der Waals surface area (Å²) in [7, 11) is -0.812. The minimum absolute atomic E-state index is 0.0418. The van der Waals surface area contributed by atoms with E-state index in [9.17, 15) is 9.00 Å². The van der Waals surface area contributed by atoms with E-state index in [1.54, 1.807) is 6.26 Å². The second-order valence-corrected chi connectivity index (χ2v) is 7.25. The summed E-state index contributed by atoms with van der Waals surface area (Å²) in [5.74, 6) is 0.596. The summed E-state index contributed by atoms with van der Waals surface area (Å²) in [5, 5.41) is 3.54. The molecule has 4 atom stereocenters. The monoisotopic (exact) mass is 274 g/mol. The third kappa shape index (κ3) is 3.54. The molecule has 0 aromatic heterocycles. The molecule has 0 saturated carbocycles. The summed E-state index contributed by atoms with van der Waals surface area (Å²) in [6.07, 6.45) is 3.48. The molecule has 1 heterocycles. The molecule has 18 heavy (non-hydrogen) atoms. The van der Waals surface area contributed by atoms with E-state index in [0.29, 0.717) is 12.5 Å². The molecular weight excluding hydrogens is 248 g/mol. The Bertz CT molecular complexity index is 320. The zero-order valence-corrected chi connectivity index (χ0v) is 12.9. The number of nitrogens with one attached hydrogen (secondary N) is 1. The van der Waals surface area contributed by atoms with E-state index in [0.717, 1.165) is 12.8 Å². The molecule has 0 aromatic rings. The third-order valence-electron chi connectivity index (χ3n) is 3.67. The Morgan fingerprint density at radius 2 is 2.00 bits per heavy atom. The molecule has 4 unspecified atom stereocenters. The first-order chi connectivity index (χ1) is 8.38. The summed E-state index contributed by atoms with van der Waals surface area (Å²) < 4.78 is 11.4. The topological polar surface area (TPSA) is 49.4 Å². The van der Waals surface area contributed by atoms with Gasteiger partial charge in [-0.3, -0.25) is 14.3 Å². The molecule has 0 radical (unpaired) electrons. The fourth-order valence-corrected chi connectivity index (χ4v) is 2.72. The highest BCUT2D eigenvalue weighted by Gasteiger charge is 2.38. The molecule has 0 spiro atoms. The van der Waals surface area contributed by atoms with E-state index in [-0.39, 0.29) is 23.4 Å². The van der Waals surface area contributed by atoms with Crippen LogP contribution < -0.4 is 5.32 Å². The van der Waals surface area contributed by atoms with Crippen LogP contribution in [0.4, 0.5) is 0 Å². The molecule has 0 aromatic carbocycles. The van der Waals surface area contributed by atoms with Crippen LogP contribution in [0.3, 0.4) is 0 Å². The van der Waals surface area contributed by atoms with Gasteiger partial charge in [-0.15, -0.1) is 0 Å². The zero-order chi connectivity index (χ0) is 13.9. The maximum Gasteiger partial charge on any atom is 0.241 e. The molecule has 0 bridgehead atoms. The Kier molecular flexibility index (Phi) is 5.79. The first kappa shape index (κ1) is 15.6. The molecule has 0 aliphatic carbocycles. The van der Waals surface area contributed by atoms with Crippen LogP contribution in [0.2, 0.25) is 0 Å². The Balaban J connectivity index is 2.65. The zero-order valence-electron chi connectivity index (χ0n) is 12.1. The number of carbonyl (C=O) groups excluding carboxylic acids is 1. The number of nitrogens with zero attached hydrogens (tertiary/aromatic N) is 1. The lowest BCUT2D eigenvalue weighted by Gasteiger charge is -2.28. The largest absolute Gasteiger partial charge is 0.325 e. The van der Waals surface area contributed by atoms with Gasteiger partial charge in [0.05, 0.1) is 12.2 Å². The Labute approximate surface area is 113 Å². The van der Waals surface area contributed by atoms with Gasteiger partial charge >= 0.3 is 0 Å². The first-order valence-corrected chi connectivity index (χ1v) is 8.39. The van der Waals surface area contributed by atoms with E-state index in [2.05, 4.69) is 19.2 Å². The van der Waals surface area contributed by atoms with E-state index < -0.39 is 10.8 Å². The Morgan fingerprint density at radius 1 is 1.39 bits per heavy atom. The number of carbonyl (C=O) groups is 1. The number of hydrogen-bond donors (Lipinski definition) is 1. The van der Waals surface area contributed by atoms with Gasteiger partial charge in [0.25, 0.3) is 0 Å². The molecule has 106 valence electrons. The minimum Gasteiger partial charge on any atom is -0.325 e. The summed E-state index contributed by atoms with van der Waals surface area (Å²) in [6.45, 7) is 8.95. The van der Waals surface area contributed by atoms with Gasteiger partial charge in [0.1, 0.15) is 0 Å². The maximum atomic E-state index is 12.2. The Hall–Kier alpha value is -0.420. The third-order valence-corrected chi connectivity index (χ3v) is 5.04. The Morgan fingerprint density at radius 3 is 2.44 bits per heavy atom. The van der Waals surface area contributed by atoms with Crippen molar-refractivity contribution in [2.24, 2.45) is 5.92 Å². The quantitative estimate of drug-likeness (QED) is 0.795. The van der Waals surface area contributed by atoms with Crippen LogP contribution in [0.5, 0.6) is 0 Å². The fraction of sp³-hybridized carbons (Fsp3) is 0.923. The predicted octanol–water partition coefficient (Wildman–Crippen LogP) is 1.34. The van der Waals surface area contributed by atoms with Crippen molar-refractivity contribution in [2.75, 3.05) is 12.8 Å². The molecule has 1 amide bonds. The predicted molar refractivity (Wildman–Crippen MR) is 75.7 cm³/mol. The summed E-state index contributed by atoms with van der Waals surface area (Å²) in [6, 6.07) is -0.0418. The van der Waals surface area contributed by atoms with Crippen molar-refractivity contribution in [3.8, 4) is 0 Å². The van der Waals surface area contributed by atoms with Crippen LogP contribution in [0.25, 0.3) is 0 Å². The van der Waals surface area contributed by atoms with E-state index >= 15 is 0 Å². The van der Waals surface area contributed by atoms with Crippen molar-refractivity contribution in [1.82, 2.24) is 10.2 Å². The molecule has 1 aliphatic rings. The van der Waals surface area contributed by atoms with Gasteiger partial charge in [0.15, 0.2) is 0 Å². The normalized spacial score (nSPS) is 27.9.